The van der Waals surface area contributed by atoms with Crippen LogP contribution in [0.15, 0.2) is 47.0 Å². The number of anilines is 1. The summed E-state index contributed by atoms with van der Waals surface area (Å²) in [5, 5.41) is 25.9. The van der Waals surface area contributed by atoms with Crippen molar-refractivity contribution in [2.45, 2.75) is 26.3 Å². The van der Waals surface area contributed by atoms with Crippen molar-refractivity contribution in [3.05, 3.63) is 58.5 Å². The fourth-order valence-corrected chi connectivity index (χ4v) is 4.22. The molecule has 32 heavy (non-hydrogen) atoms. The van der Waals surface area contributed by atoms with E-state index < -0.39 is 17.1 Å². The van der Waals surface area contributed by atoms with E-state index in [-0.39, 0.29) is 17.5 Å². The summed E-state index contributed by atoms with van der Waals surface area (Å²) in [5.41, 5.74) is 7.58. The lowest BCUT2D eigenvalue weighted by Crippen LogP contribution is -2.48. The number of aliphatic hydroxyl groups is 1. The molecule has 2 aliphatic rings. The number of nitrogens with two attached hydrogens (primary N) is 1. The molecule has 9 heteroatoms. The van der Waals surface area contributed by atoms with Crippen LogP contribution in [0.2, 0.25) is 0 Å². The van der Waals surface area contributed by atoms with E-state index in [2.05, 4.69) is 15.1 Å². The fraction of sp³-hybridized carbons (Fsp3) is 0.435. The average Bonchev–Trinajstić information content (AvgIpc) is 3.14. The molecule has 2 heterocycles. The van der Waals surface area contributed by atoms with Gasteiger partial charge in [-0.05, 0) is 43.2 Å². The van der Waals surface area contributed by atoms with Gasteiger partial charge in [-0.15, -0.1) is 0 Å². The zero-order chi connectivity index (χ0) is 23.0. The van der Waals surface area contributed by atoms with Gasteiger partial charge >= 0.3 is 5.69 Å². The first kappa shape index (κ1) is 22.0. The van der Waals surface area contributed by atoms with Crippen molar-refractivity contribution in [3.8, 4) is 5.69 Å². The molecule has 4 rings (SSSR count). The minimum atomic E-state index is -0.920. The number of H-pyrrole nitrogens is 1. The molecule has 1 aromatic carbocycles. The highest BCUT2D eigenvalue weighted by atomic mass is 16.5. The summed E-state index contributed by atoms with van der Waals surface area (Å²) >= 11 is 0. The number of nitrogens with zero attached hydrogens (tertiary/aromatic N) is 3. The summed E-state index contributed by atoms with van der Waals surface area (Å²) < 4.78 is 6.83. The molecule has 2 unspecified atom stereocenters. The third-order valence-electron chi connectivity index (χ3n) is 6.08. The molecule has 0 spiro atoms. The SMILES string of the molecule is CC(C)C(=N)C1C=C(c2n[nH]c(=O)n2-c2ccc(N3CCOCC3)cc2)C(O)=CC1(C)N. The molecule has 2 aromatic rings. The molecule has 0 saturated carbocycles. The predicted molar refractivity (Wildman–Crippen MR) is 125 cm³/mol. The Balaban J connectivity index is 1.73. The van der Waals surface area contributed by atoms with Crippen LogP contribution in [0, 0.1) is 17.2 Å². The van der Waals surface area contributed by atoms with Crippen LogP contribution in [0.25, 0.3) is 11.3 Å². The number of allylic oxidation sites excluding steroid dienone is 1. The molecule has 1 fully saturated rings. The van der Waals surface area contributed by atoms with E-state index in [1.807, 2.05) is 38.1 Å². The number of morpholine rings is 1. The van der Waals surface area contributed by atoms with E-state index >= 15 is 0 Å². The Hall–Kier alpha value is -3.17. The van der Waals surface area contributed by atoms with Gasteiger partial charge in [0.05, 0.1) is 24.5 Å². The number of aromatic nitrogens is 3. The molecular weight excluding hydrogens is 408 g/mol. The van der Waals surface area contributed by atoms with Crippen molar-refractivity contribution >= 4 is 17.0 Å². The van der Waals surface area contributed by atoms with Crippen LogP contribution < -0.4 is 16.3 Å². The predicted octanol–water partition coefficient (Wildman–Crippen LogP) is 2.25. The Morgan fingerprint density at radius 3 is 2.53 bits per heavy atom. The average molecular weight is 439 g/mol. The van der Waals surface area contributed by atoms with Gasteiger partial charge in [-0.3, -0.25) is 0 Å². The quantitative estimate of drug-likeness (QED) is 0.529. The van der Waals surface area contributed by atoms with Crippen LogP contribution in [0.3, 0.4) is 0 Å². The molecule has 1 saturated heterocycles. The fourth-order valence-electron chi connectivity index (χ4n) is 4.22. The molecule has 0 bridgehead atoms. The van der Waals surface area contributed by atoms with E-state index in [1.54, 1.807) is 13.0 Å². The van der Waals surface area contributed by atoms with Gasteiger partial charge in [0.1, 0.15) is 5.76 Å². The van der Waals surface area contributed by atoms with Crippen LogP contribution in [-0.4, -0.2) is 57.4 Å². The zero-order valence-electron chi connectivity index (χ0n) is 18.6. The number of ether oxygens (including phenoxy) is 1. The monoisotopic (exact) mass is 438 g/mol. The van der Waals surface area contributed by atoms with Crippen molar-refractivity contribution in [3.63, 3.8) is 0 Å². The summed E-state index contributed by atoms with van der Waals surface area (Å²) in [5.74, 6) is -0.228. The number of aliphatic hydroxyl groups excluding tert-OH is 1. The summed E-state index contributed by atoms with van der Waals surface area (Å²) in [6.45, 7) is 8.68. The minimum absolute atomic E-state index is 0.0110. The smallest absolute Gasteiger partial charge is 0.348 e. The van der Waals surface area contributed by atoms with Crippen molar-refractivity contribution in [1.29, 1.82) is 5.41 Å². The van der Waals surface area contributed by atoms with Crippen LogP contribution in [-0.2, 0) is 4.74 Å². The highest BCUT2D eigenvalue weighted by Crippen LogP contribution is 2.35. The van der Waals surface area contributed by atoms with Gasteiger partial charge in [0.2, 0.25) is 0 Å². The van der Waals surface area contributed by atoms with Crippen molar-refractivity contribution in [2.24, 2.45) is 17.6 Å². The Kier molecular flexibility index (Phi) is 5.79. The summed E-state index contributed by atoms with van der Waals surface area (Å²) in [7, 11) is 0. The maximum absolute atomic E-state index is 12.7. The third-order valence-corrected chi connectivity index (χ3v) is 6.08. The van der Waals surface area contributed by atoms with Gasteiger partial charge in [0.25, 0.3) is 0 Å². The molecule has 0 amide bonds. The minimum Gasteiger partial charge on any atom is -0.507 e. The zero-order valence-corrected chi connectivity index (χ0v) is 18.6. The van der Waals surface area contributed by atoms with Crippen molar-refractivity contribution < 1.29 is 9.84 Å². The number of nitrogens with one attached hydrogen (secondary N) is 2. The highest BCUT2D eigenvalue weighted by molar-refractivity contribution is 5.92. The standard InChI is InChI=1S/C23H30N6O3/c1-14(2)20(24)18-12-17(19(30)13-23(18,3)25)21-26-27-22(31)29(21)16-6-4-15(5-7-16)28-8-10-32-11-9-28/h4-7,12-14,18,24,30H,8-11,25H2,1-3H3,(H,27,31). The van der Waals surface area contributed by atoms with Gasteiger partial charge in [-0.2, -0.15) is 5.10 Å². The van der Waals surface area contributed by atoms with Crippen LogP contribution in [0.4, 0.5) is 5.69 Å². The van der Waals surface area contributed by atoms with Gasteiger partial charge in [0, 0.05) is 35.9 Å². The first-order valence-electron chi connectivity index (χ1n) is 10.8. The van der Waals surface area contributed by atoms with Gasteiger partial charge in [0.15, 0.2) is 5.82 Å². The molecule has 1 aromatic heterocycles. The van der Waals surface area contributed by atoms with Gasteiger partial charge in [-0.1, -0.05) is 19.9 Å². The Morgan fingerprint density at radius 2 is 1.91 bits per heavy atom. The maximum atomic E-state index is 12.7. The lowest BCUT2D eigenvalue weighted by Gasteiger charge is -2.35. The van der Waals surface area contributed by atoms with Gasteiger partial charge < -0.3 is 25.9 Å². The van der Waals surface area contributed by atoms with Crippen molar-refractivity contribution in [1.82, 2.24) is 14.8 Å². The van der Waals surface area contributed by atoms with E-state index in [0.717, 1.165) is 18.8 Å². The molecule has 9 nitrogen and oxygen atoms in total. The lowest BCUT2D eigenvalue weighted by molar-refractivity contribution is 0.122. The molecule has 1 aliphatic heterocycles. The summed E-state index contributed by atoms with van der Waals surface area (Å²) in [4.78, 5) is 14.9. The molecule has 5 N–H and O–H groups in total. The molecular formula is C23H30N6O3. The molecule has 170 valence electrons. The maximum Gasteiger partial charge on any atom is 0.348 e. The topological polar surface area (TPSA) is 133 Å². The number of hydrogen-bond donors (Lipinski definition) is 4. The molecule has 2 atom stereocenters. The number of aromatic amines is 1. The van der Waals surface area contributed by atoms with E-state index in [9.17, 15) is 9.90 Å². The van der Waals surface area contributed by atoms with Crippen molar-refractivity contribution in [2.75, 3.05) is 31.2 Å². The second-order valence-electron chi connectivity index (χ2n) is 8.87. The molecule has 1 aliphatic carbocycles. The molecule has 0 radical (unpaired) electrons. The third kappa shape index (κ3) is 4.01. The Bertz CT molecular complexity index is 1120. The summed E-state index contributed by atoms with van der Waals surface area (Å²) in [6.07, 6.45) is 3.28. The normalized spacial score (nSPS) is 23.8. The van der Waals surface area contributed by atoms with E-state index in [0.29, 0.717) is 30.2 Å². The highest BCUT2D eigenvalue weighted by Gasteiger charge is 2.37. The second-order valence-corrected chi connectivity index (χ2v) is 8.87. The number of rotatable bonds is 5. The second kappa shape index (κ2) is 8.40. The van der Waals surface area contributed by atoms with Gasteiger partial charge in [-0.25, -0.2) is 14.5 Å². The van der Waals surface area contributed by atoms with E-state index in [1.165, 1.54) is 10.6 Å². The van der Waals surface area contributed by atoms with Crippen LogP contribution in [0.1, 0.15) is 26.6 Å². The largest absolute Gasteiger partial charge is 0.507 e. The first-order valence-corrected chi connectivity index (χ1v) is 10.8. The summed E-state index contributed by atoms with van der Waals surface area (Å²) in [6, 6.07) is 7.64. The van der Waals surface area contributed by atoms with Crippen LogP contribution >= 0.6 is 0 Å². The first-order chi connectivity index (χ1) is 15.2. The Labute approximate surface area is 186 Å². The number of benzene rings is 1. The Morgan fingerprint density at radius 1 is 1.28 bits per heavy atom. The lowest BCUT2D eigenvalue weighted by atomic mass is 9.74. The van der Waals surface area contributed by atoms with Crippen LogP contribution in [0.5, 0.6) is 0 Å². The van der Waals surface area contributed by atoms with E-state index in [4.69, 9.17) is 15.9 Å². The number of hydrogen-bond acceptors (Lipinski definition) is 7.